The third-order valence-corrected chi connectivity index (χ3v) is 3.16. The van der Waals surface area contributed by atoms with Gasteiger partial charge in [0.1, 0.15) is 5.75 Å². The Kier molecular flexibility index (Phi) is 6.00. The minimum Gasteiger partial charge on any atom is -0.489 e. The number of hydrogen-bond acceptors (Lipinski definition) is 2. The minimum atomic E-state index is 0.240. The molecule has 0 aliphatic heterocycles. The molecular formula is C14H22BrNO. The zero-order valence-corrected chi connectivity index (χ0v) is 12.7. The monoisotopic (exact) mass is 299 g/mol. The highest BCUT2D eigenvalue weighted by Crippen LogP contribution is 2.30. The van der Waals surface area contributed by atoms with Gasteiger partial charge in [0.05, 0.1) is 10.6 Å². The van der Waals surface area contributed by atoms with Crippen LogP contribution in [0, 0.1) is 5.92 Å². The molecule has 1 unspecified atom stereocenters. The van der Waals surface area contributed by atoms with Crippen molar-refractivity contribution in [3.8, 4) is 5.75 Å². The first-order chi connectivity index (χ1) is 8.04. The summed E-state index contributed by atoms with van der Waals surface area (Å²) in [5, 5.41) is 3.16. The molecule has 1 N–H and O–H groups in total. The molecule has 0 bridgehead atoms. The summed E-state index contributed by atoms with van der Waals surface area (Å²) in [5.41, 5.74) is 1.19. The lowest BCUT2D eigenvalue weighted by molar-refractivity contribution is 0.190. The molecule has 0 saturated carbocycles. The maximum absolute atomic E-state index is 6.05. The summed E-state index contributed by atoms with van der Waals surface area (Å²) in [6, 6.07) is 6.16. The Bertz CT molecular complexity index is 352. The molecule has 0 saturated heterocycles. The molecule has 2 nitrogen and oxygen atoms in total. The van der Waals surface area contributed by atoms with Crippen molar-refractivity contribution < 1.29 is 4.74 Å². The standard InChI is InChI=1S/C14H22BrNO/c1-10(2)8-11(3)17-14-12(9-16-4)6-5-7-13(14)15/h5-7,10-11,16H,8-9H2,1-4H3. The smallest absolute Gasteiger partial charge is 0.138 e. The van der Waals surface area contributed by atoms with Crippen LogP contribution in [0.15, 0.2) is 22.7 Å². The van der Waals surface area contributed by atoms with E-state index >= 15 is 0 Å². The second kappa shape index (κ2) is 7.02. The summed E-state index contributed by atoms with van der Waals surface area (Å²) in [7, 11) is 1.95. The number of benzene rings is 1. The fourth-order valence-electron chi connectivity index (χ4n) is 1.93. The largest absolute Gasteiger partial charge is 0.489 e. The highest BCUT2D eigenvalue weighted by molar-refractivity contribution is 9.10. The maximum atomic E-state index is 6.05. The summed E-state index contributed by atoms with van der Waals surface area (Å²) in [6.07, 6.45) is 1.31. The van der Waals surface area contributed by atoms with Gasteiger partial charge < -0.3 is 10.1 Å². The number of ether oxygens (including phenoxy) is 1. The molecule has 1 rings (SSSR count). The average molecular weight is 300 g/mol. The second-order valence-corrected chi connectivity index (χ2v) is 5.67. The third-order valence-electron chi connectivity index (χ3n) is 2.54. The summed E-state index contributed by atoms with van der Waals surface area (Å²) in [5.74, 6) is 1.62. The van der Waals surface area contributed by atoms with E-state index < -0.39 is 0 Å². The van der Waals surface area contributed by atoms with Crippen molar-refractivity contribution in [3.05, 3.63) is 28.2 Å². The van der Waals surface area contributed by atoms with Gasteiger partial charge in [0, 0.05) is 12.1 Å². The van der Waals surface area contributed by atoms with Crippen LogP contribution in [-0.2, 0) is 6.54 Å². The zero-order valence-electron chi connectivity index (χ0n) is 11.1. The highest BCUT2D eigenvalue weighted by atomic mass is 79.9. The van der Waals surface area contributed by atoms with E-state index in [0.29, 0.717) is 5.92 Å². The van der Waals surface area contributed by atoms with E-state index in [0.717, 1.165) is 23.2 Å². The normalized spacial score (nSPS) is 12.8. The molecule has 3 heteroatoms. The van der Waals surface area contributed by atoms with Crippen molar-refractivity contribution >= 4 is 15.9 Å². The Morgan fingerprint density at radius 3 is 2.59 bits per heavy atom. The Hall–Kier alpha value is -0.540. The van der Waals surface area contributed by atoms with Crippen LogP contribution in [0.1, 0.15) is 32.8 Å². The molecule has 1 atom stereocenters. The van der Waals surface area contributed by atoms with Crippen LogP contribution >= 0.6 is 15.9 Å². The predicted molar refractivity (Wildman–Crippen MR) is 76.5 cm³/mol. The average Bonchev–Trinajstić information content (AvgIpc) is 2.22. The lowest BCUT2D eigenvalue weighted by atomic mass is 10.1. The molecule has 1 aromatic carbocycles. The molecule has 1 aromatic rings. The van der Waals surface area contributed by atoms with Gasteiger partial charge in [-0.3, -0.25) is 0 Å². The van der Waals surface area contributed by atoms with Gasteiger partial charge in [0.2, 0.25) is 0 Å². The number of rotatable bonds is 6. The van der Waals surface area contributed by atoms with Gasteiger partial charge in [-0.15, -0.1) is 0 Å². The number of halogens is 1. The first-order valence-corrected chi connectivity index (χ1v) is 6.92. The van der Waals surface area contributed by atoms with Crippen molar-refractivity contribution in [1.29, 1.82) is 0 Å². The van der Waals surface area contributed by atoms with Gasteiger partial charge in [0.25, 0.3) is 0 Å². The Morgan fingerprint density at radius 2 is 2.00 bits per heavy atom. The molecule has 17 heavy (non-hydrogen) atoms. The van der Waals surface area contributed by atoms with Crippen LogP contribution < -0.4 is 10.1 Å². The second-order valence-electron chi connectivity index (χ2n) is 4.82. The fourth-order valence-corrected chi connectivity index (χ4v) is 2.43. The number of hydrogen-bond donors (Lipinski definition) is 1. The number of para-hydroxylation sites is 1. The topological polar surface area (TPSA) is 21.3 Å². The van der Waals surface area contributed by atoms with Gasteiger partial charge in [-0.05, 0) is 48.3 Å². The molecule has 0 aromatic heterocycles. The highest BCUT2D eigenvalue weighted by Gasteiger charge is 2.12. The van der Waals surface area contributed by atoms with E-state index in [4.69, 9.17) is 4.74 Å². The fraction of sp³-hybridized carbons (Fsp3) is 0.571. The molecule has 0 radical (unpaired) electrons. The summed E-state index contributed by atoms with van der Waals surface area (Å²) in [4.78, 5) is 0. The SMILES string of the molecule is CNCc1cccc(Br)c1OC(C)CC(C)C. The Morgan fingerprint density at radius 1 is 1.29 bits per heavy atom. The van der Waals surface area contributed by atoms with Gasteiger partial charge in [-0.1, -0.05) is 26.0 Å². The molecule has 0 aliphatic rings. The molecule has 0 aliphatic carbocycles. The quantitative estimate of drug-likeness (QED) is 0.858. The first kappa shape index (κ1) is 14.5. The van der Waals surface area contributed by atoms with E-state index in [9.17, 15) is 0 Å². The van der Waals surface area contributed by atoms with Crippen molar-refractivity contribution in [3.63, 3.8) is 0 Å². The van der Waals surface area contributed by atoms with E-state index in [1.165, 1.54) is 5.56 Å². The molecule has 96 valence electrons. The summed E-state index contributed by atoms with van der Waals surface area (Å²) < 4.78 is 7.08. The lowest BCUT2D eigenvalue weighted by Gasteiger charge is -2.20. The number of nitrogens with one attached hydrogen (secondary N) is 1. The summed E-state index contributed by atoms with van der Waals surface area (Å²) in [6.45, 7) is 7.38. The van der Waals surface area contributed by atoms with Crippen LogP contribution in [0.5, 0.6) is 5.75 Å². The van der Waals surface area contributed by atoms with Gasteiger partial charge >= 0.3 is 0 Å². The van der Waals surface area contributed by atoms with Crippen molar-refractivity contribution in [2.75, 3.05) is 7.05 Å². The van der Waals surface area contributed by atoms with Crippen molar-refractivity contribution in [1.82, 2.24) is 5.32 Å². The zero-order chi connectivity index (χ0) is 12.8. The van der Waals surface area contributed by atoms with E-state index in [2.05, 4.69) is 48.1 Å². The minimum absolute atomic E-state index is 0.240. The molecule has 0 heterocycles. The lowest BCUT2D eigenvalue weighted by Crippen LogP contribution is -2.17. The van der Waals surface area contributed by atoms with E-state index in [-0.39, 0.29) is 6.10 Å². The van der Waals surface area contributed by atoms with Gasteiger partial charge in [-0.25, -0.2) is 0 Å². The van der Waals surface area contributed by atoms with E-state index in [1.807, 2.05) is 19.2 Å². The van der Waals surface area contributed by atoms with Gasteiger partial charge in [0.15, 0.2) is 0 Å². The van der Waals surface area contributed by atoms with Gasteiger partial charge in [-0.2, -0.15) is 0 Å². The van der Waals surface area contributed by atoms with Crippen LogP contribution in [0.2, 0.25) is 0 Å². The van der Waals surface area contributed by atoms with Crippen LogP contribution in [0.3, 0.4) is 0 Å². The molecular weight excluding hydrogens is 278 g/mol. The van der Waals surface area contributed by atoms with Crippen LogP contribution in [0.25, 0.3) is 0 Å². The summed E-state index contributed by atoms with van der Waals surface area (Å²) >= 11 is 3.56. The predicted octanol–water partition coefficient (Wildman–Crippen LogP) is 3.98. The Balaban J connectivity index is 2.80. The first-order valence-electron chi connectivity index (χ1n) is 6.13. The van der Waals surface area contributed by atoms with Crippen molar-refractivity contribution in [2.24, 2.45) is 5.92 Å². The van der Waals surface area contributed by atoms with E-state index in [1.54, 1.807) is 0 Å². The molecule has 0 amide bonds. The van der Waals surface area contributed by atoms with Crippen molar-refractivity contribution in [2.45, 2.75) is 39.8 Å². The van der Waals surface area contributed by atoms with Crippen LogP contribution in [-0.4, -0.2) is 13.2 Å². The third kappa shape index (κ3) is 4.68. The Labute approximate surface area is 113 Å². The maximum Gasteiger partial charge on any atom is 0.138 e. The molecule has 0 spiro atoms. The molecule has 0 fully saturated rings. The van der Waals surface area contributed by atoms with Crippen LogP contribution in [0.4, 0.5) is 0 Å².